The molecule has 3 fully saturated rings. The molecule has 2 aromatic heterocycles. The minimum absolute atomic E-state index is 0.0607. The summed E-state index contributed by atoms with van der Waals surface area (Å²) in [5.41, 5.74) is 2.58. The summed E-state index contributed by atoms with van der Waals surface area (Å²) < 4.78 is 23.1. The topological polar surface area (TPSA) is 125 Å². The molecule has 2 atom stereocenters. The molecule has 292 valence electrons. The molecule has 4 aromatic rings. The van der Waals surface area contributed by atoms with Crippen molar-refractivity contribution in [2.75, 3.05) is 69.5 Å². The Morgan fingerprint density at radius 3 is 2.45 bits per heavy atom. The lowest BCUT2D eigenvalue weighted by atomic mass is 9.58. The van der Waals surface area contributed by atoms with Crippen molar-refractivity contribution < 1.29 is 18.7 Å². The van der Waals surface area contributed by atoms with E-state index >= 15 is 4.39 Å². The maximum atomic E-state index is 15.9. The Bertz CT molecular complexity index is 2130. The van der Waals surface area contributed by atoms with Crippen LogP contribution in [-0.4, -0.2) is 90.1 Å². The number of hydrogen-bond acceptors (Lipinski definition) is 9. The highest BCUT2D eigenvalue weighted by Crippen LogP contribution is 2.51. The summed E-state index contributed by atoms with van der Waals surface area (Å²) in [7, 11) is 5.14. The van der Waals surface area contributed by atoms with Crippen LogP contribution in [0.5, 0.6) is 5.75 Å². The van der Waals surface area contributed by atoms with Crippen LogP contribution in [-0.2, 0) is 9.59 Å². The van der Waals surface area contributed by atoms with Gasteiger partial charge >= 0.3 is 0 Å². The molecule has 2 bridgehead atoms. The average Bonchev–Trinajstić information content (AvgIpc) is 3.11. The summed E-state index contributed by atoms with van der Waals surface area (Å²) in [4.78, 5) is 54.3. The van der Waals surface area contributed by atoms with Gasteiger partial charge in [0.25, 0.3) is 5.56 Å². The minimum Gasteiger partial charge on any atom is -0.494 e. The van der Waals surface area contributed by atoms with Crippen LogP contribution in [0.3, 0.4) is 0 Å². The third-order valence-corrected chi connectivity index (χ3v) is 11.6. The fraction of sp³-hybridized carbons (Fsp3) is 0.500. The molecule has 1 saturated heterocycles. The lowest BCUT2D eigenvalue weighted by Crippen LogP contribution is -2.50. The number of nitrogens with zero attached hydrogens (tertiary/aromatic N) is 6. The molecule has 2 amide bonds. The number of benzene rings is 2. The van der Waals surface area contributed by atoms with Gasteiger partial charge in [0.1, 0.15) is 11.6 Å². The largest absolute Gasteiger partial charge is 0.494 e. The number of ether oxygens (including phenoxy) is 1. The Labute approximate surface area is 322 Å². The van der Waals surface area contributed by atoms with E-state index in [1.54, 1.807) is 41.4 Å². The quantitative estimate of drug-likeness (QED) is 0.190. The van der Waals surface area contributed by atoms with E-state index in [1.807, 2.05) is 30.8 Å². The second-order valence-corrected chi connectivity index (χ2v) is 16.7. The molecule has 55 heavy (non-hydrogen) atoms. The summed E-state index contributed by atoms with van der Waals surface area (Å²) in [6, 6.07) is 11.5. The number of aromatic nitrogens is 3. The van der Waals surface area contributed by atoms with Crippen LogP contribution in [0.25, 0.3) is 16.7 Å². The molecule has 0 radical (unpaired) electrons. The Morgan fingerprint density at radius 1 is 1.04 bits per heavy atom. The molecule has 0 spiro atoms. The number of likely N-dealkylation sites (N-methyl/N-ethyl adjacent to an activating group) is 1. The standard InChI is InChI=1S/C42H53FN8O4/c1-26-14-28-17-29(15-26)22-42(3,21-28)23-39(54)50-12-10-49(11-13-50)35-20-36(55-6)34(19-33(35)43)46-41-44-24-32-27(2)16-38(53)51(40(32)47-41)31-9-7-8-30(18-31)45-37(52)25-48(4)5/h7-9,16,18-20,24,26,28-29H,10-15,17,21-23,25H2,1-6H3,(H,45,52)(H,44,46,47). The number of fused-ring (bicyclic) bond motifs is 3. The first-order valence-corrected chi connectivity index (χ1v) is 19.4. The Kier molecular flexibility index (Phi) is 10.8. The van der Waals surface area contributed by atoms with E-state index in [4.69, 9.17) is 9.72 Å². The Morgan fingerprint density at radius 2 is 1.76 bits per heavy atom. The number of pyridine rings is 1. The number of piperazine rings is 1. The monoisotopic (exact) mass is 752 g/mol. The second kappa shape index (κ2) is 15.6. The van der Waals surface area contributed by atoms with Crippen LogP contribution in [0.1, 0.15) is 57.9 Å². The van der Waals surface area contributed by atoms with Crippen LogP contribution < -0.4 is 25.8 Å². The van der Waals surface area contributed by atoms with E-state index in [0.717, 1.165) is 30.6 Å². The van der Waals surface area contributed by atoms with Gasteiger partial charge in [-0.3, -0.25) is 19.0 Å². The van der Waals surface area contributed by atoms with E-state index in [-0.39, 0.29) is 35.3 Å². The van der Waals surface area contributed by atoms with Gasteiger partial charge in [0, 0.05) is 68.1 Å². The highest BCUT2D eigenvalue weighted by atomic mass is 19.1. The highest BCUT2D eigenvalue weighted by Gasteiger charge is 2.42. The number of carbonyl (C=O) groups is 2. The van der Waals surface area contributed by atoms with E-state index in [2.05, 4.69) is 29.5 Å². The summed E-state index contributed by atoms with van der Waals surface area (Å²) in [6.45, 7) is 8.82. The van der Waals surface area contributed by atoms with Gasteiger partial charge in [0.2, 0.25) is 17.8 Å². The van der Waals surface area contributed by atoms with Crippen molar-refractivity contribution in [1.29, 1.82) is 0 Å². The zero-order chi connectivity index (χ0) is 39.0. The van der Waals surface area contributed by atoms with E-state index < -0.39 is 5.82 Å². The molecule has 12 nitrogen and oxygen atoms in total. The van der Waals surface area contributed by atoms with Crippen molar-refractivity contribution in [2.24, 2.45) is 23.2 Å². The molecule has 3 heterocycles. The molecule has 1 aliphatic heterocycles. The number of carbonyl (C=O) groups excluding carboxylic acids is 2. The minimum atomic E-state index is -0.444. The van der Waals surface area contributed by atoms with Gasteiger partial charge in [-0.15, -0.1) is 0 Å². The smallest absolute Gasteiger partial charge is 0.257 e. The van der Waals surface area contributed by atoms with E-state index in [0.29, 0.717) is 77.7 Å². The lowest BCUT2D eigenvalue weighted by Gasteiger charge is -2.48. The van der Waals surface area contributed by atoms with Gasteiger partial charge in [-0.05, 0) is 100 Å². The number of hydrogen-bond donors (Lipinski definition) is 2. The Hall–Kier alpha value is -5.04. The van der Waals surface area contributed by atoms with Crippen LogP contribution >= 0.6 is 0 Å². The number of nitrogens with one attached hydrogen (secondary N) is 2. The summed E-state index contributed by atoms with van der Waals surface area (Å²) >= 11 is 0. The van der Waals surface area contributed by atoms with Gasteiger partial charge in [-0.25, -0.2) is 9.37 Å². The molecule has 13 heteroatoms. The van der Waals surface area contributed by atoms with Crippen LogP contribution in [0.15, 0.2) is 53.5 Å². The van der Waals surface area contributed by atoms with Crippen molar-refractivity contribution in [3.05, 3.63) is 70.4 Å². The first-order valence-electron chi connectivity index (χ1n) is 19.4. The number of anilines is 4. The molecule has 2 unspecified atom stereocenters. The van der Waals surface area contributed by atoms with Gasteiger partial charge in [-0.1, -0.05) is 19.9 Å². The fourth-order valence-electron chi connectivity index (χ4n) is 9.47. The van der Waals surface area contributed by atoms with Gasteiger partial charge < -0.3 is 30.1 Å². The highest BCUT2D eigenvalue weighted by molar-refractivity contribution is 5.92. The molecule has 2 N–H and O–H groups in total. The predicted octanol–water partition coefficient (Wildman–Crippen LogP) is 6.37. The molecule has 2 aromatic carbocycles. The lowest BCUT2D eigenvalue weighted by molar-refractivity contribution is -0.135. The van der Waals surface area contributed by atoms with Gasteiger partial charge in [0.15, 0.2) is 5.65 Å². The van der Waals surface area contributed by atoms with Crippen molar-refractivity contribution in [3.63, 3.8) is 0 Å². The zero-order valence-corrected chi connectivity index (χ0v) is 32.8. The molecular weight excluding hydrogens is 700 g/mol. The normalized spacial score (nSPS) is 22.5. The molecular formula is C42H53FN8O4. The van der Waals surface area contributed by atoms with Crippen LogP contribution in [0.4, 0.5) is 27.4 Å². The first kappa shape index (κ1) is 38.2. The van der Waals surface area contributed by atoms with Crippen LogP contribution in [0, 0.1) is 35.9 Å². The van der Waals surface area contributed by atoms with Crippen molar-refractivity contribution in [3.8, 4) is 11.4 Å². The van der Waals surface area contributed by atoms with Crippen molar-refractivity contribution >= 4 is 45.9 Å². The zero-order valence-electron chi connectivity index (χ0n) is 32.8. The fourth-order valence-corrected chi connectivity index (χ4v) is 9.47. The number of halogens is 1. The summed E-state index contributed by atoms with van der Waals surface area (Å²) in [5.74, 6) is 2.40. The molecule has 2 saturated carbocycles. The van der Waals surface area contributed by atoms with Crippen molar-refractivity contribution in [2.45, 2.75) is 59.3 Å². The SMILES string of the molecule is COc1cc(N2CCN(C(=O)CC3(C)CC4CC(C)CC(C4)C3)CC2)c(F)cc1Nc1ncc2c(C)cc(=O)n(-c3cccc(NC(=O)CN(C)C)c3)c2n1. The molecule has 2 aliphatic carbocycles. The van der Waals surface area contributed by atoms with Crippen LogP contribution in [0.2, 0.25) is 0 Å². The maximum Gasteiger partial charge on any atom is 0.257 e. The van der Waals surface area contributed by atoms with Gasteiger partial charge in [-0.2, -0.15) is 4.98 Å². The third kappa shape index (κ3) is 8.46. The summed E-state index contributed by atoms with van der Waals surface area (Å²) in [5, 5.41) is 6.63. The maximum absolute atomic E-state index is 15.9. The number of amides is 2. The summed E-state index contributed by atoms with van der Waals surface area (Å²) in [6.07, 6.45) is 8.39. The Balaban J connectivity index is 1.06. The number of methoxy groups -OCH3 is 1. The van der Waals surface area contributed by atoms with Crippen molar-refractivity contribution in [1.82, 2.24) is 24.3 Å². The first-order chi connectivity index (χ1) is 26.3. The number of aryl methyl sites for hydroxylation is 1. The molecule has 3 aliphatic rings. The van der Waals surface area contributed by atoms with E-state index in [9.17, 15) is 14.4 Å². The molecule has 7 rings (SSSR count). The average molecular weight is 753 g/mol. The van der Waals surface area contributed by atoms with E-state index in [1.165, 1.54) is 43.1 Å². The third-order valence-electron chi connectivity index (χ3n) is 11.6. The van der Waals surface area contributed by atoms with Gasteiger partial charge in [0.05, 0.1) is 30.7 Å². The number of rotatable bonds is 10. The second-order valence-electron chi connectivity index (χ2n) is 16.7. The predicted molar refractivity (Wildman–Crippen MR) is 214 cm³/mol.